The molecule has 0 saturated carbocycles. The summed E-state index contributed by atoms with van der Waals surface area (Å²) in [7, 11) is 0. The number of H-pyrrole nitrogens is 1. The Balaban J connectivity index is 1.58. The second-order valence-electron chi connectivity index (χ2n) is 6.26. The fraction of sp³-hybridized carbons (Fsp3) is 0.316. The van der Waals surface area contributed by atoms with Crippen molar-refractivity contribution in [1.82, 2.24) is 14.8 Å². The molecule has 25 heavy (non-hydrogen) atoms. The van der Waals surface area contributed by atoms with Crippen LogP contribution in [-0.4, -0.2) is 46.9 Å². The van der Waals surface area contributed by atoms with Crippen LogP contribution in [0.5, 0.6) is 0 Å². The maximum atomic E-state index is 12.5. The molecule has 3 rings (SSSR count). The lowest BCUT2D eigenvalue weighted by molar-refractivity contribution is 0.0626. The number of carbonyl (C=O) groups is 1. The molecule has 1 aromatic heterocycles. The first-order valence-corrected chi connectivity index (χ1v) is 8.27. The summed E-state index contributed by atoms with van der Waals surface area (Å²) in [6, 6.07) is 13.0. The van der Waals surface area contributed by atoms with Crippen LogP contribution in [0, 0.1) is 18.3 Å². The van der Waals surface area contributed by atoms with Gasteiger partial charge in [-0.1, -0.05) is 12.1 Å². The van der Waals surface area contributed by atoms with Crippen LogP contribution >= 0.6 is 0 Å². The van der Waals surface area contributed by atoms with Gasteiger partial charge in [0.2, 0.25) is 0 Å². The minimum Gasteiger partial charge on any atom is -0.336 e. The van der Waals surface area contributed by atoms with Gasteiger partial charge in [-0.15, -0.1) is 0 Å². The van der Waals surface area contributed by atoms with Crippen LogP contribution < -0.4 is 5.56 Å². The molecule has 0 spiro atoms. The third kappa shape index (κ3) is 3.95. The molecule has 1 aliphatic rings. The van der Waals surface area contributed by atoms with Gasteiger partial charge in [-0.05, 0) is 36.8 Å². The smallest absolute Gasteiger partial charge is 0.260 e. The average Bonchev–Trinajstić information content (AvgIpc) is 2.62. The molecule has 0 aliphatic carbocycles. The number of nitrogens with zero attached hydrogens (tertiary/aromatic N) is 3. The third-order valence-corrected chi connectivity index (χ3v) is 4.43. The van der Waals surface area contributed by atoms with Crippen molar-refractivity contribution in [2.24, 2.45) is 0 Å². The van der Waals surface area contributed by atoms with Gasteiger partial charge in [0.1, 0.15) is 5.56 Å². The van der Waals surface area contributed by atoms with Crippen molar-refractivity contribution in [3.05, 3.63) is 69.1 Å². The number of nitrogens with one attached hydrogen (secondary N) is 1. The highest BCUT2D eigenvalue weighted by Gasteiger charge is 2.23. The van der Waals surface area contributed by atoms with E-state index in [-0.39, 0.29) is 17.0 Å². The van der Waals surface area contributed by atoms with E-state index in [4.69, 9.17) is 5.26 Å². The van der Waals surface area contributed by atoms with Gasteiger partial charge in [0, 0.05) is 38.4 Å². The van der Waals surface area contributed by atoms with E-state index in [1.54, 1.807) is 24.0 Å². The van der Waals surface area contributed by atoms with E-state index in [0.717, 1.165) is 30.9 Å². The number of aryl methyl sites for hydroxylation is 1. The molecular formula is C19H20N4O2. The van der Waals surface area contributed by atoms with Crippen LogP contribution in [0.4, 0.5) is 0 Å². The Morgan fingerprint density at radius 2 is 1.80 bits per heavy atom. The second-order valence-corrected chi connectivity index (χ2v) is 6.26. The predicted octanol–water partition coefficient (Wildman–Crippen LogP) is 1.51. The lowest BCUT2D eigenvalue weighted by Gasteiger charge is -2.34. The molecule has 2 aromatic rings. The zero-order valence-electron chi connectivity index (χ0n) is 14.2. The summed E-state index contributed by atoms with van der Waals surface area (Å²) in [5.41, 5.74) is 2.42. The number of rotatable bonds is 3. The standard InChI is InChI=1S/C19H20N4O2/c1-14-2-7-17(18(24)21-14)19(25)23-10-8-22(9-11-23)13-16-5-3-15(12-20)4-6-16/h2-7H,8-11,13H2,1H3,(H,21,24). The summed E-state index contributed by atoms with van der Waals surface area (Å²) in [6.45, 7) is 5.30. The van der Waals surface area contributed by atoms with Crippen LogP contribution in [0.25, 0.3) is 0 Å². The lowest BCUT2D eigenvalue weighted by Crippen LogP contribution is -2.49. The number of aromatic amines is 1. The van der Waals surface area contributed by atoms with Crippen LogP contribution in [-0.2, 0) is 6.54 Å². The molecule has 2 heterocycles. The normalized spacial score (nSPS) is 15.0. The summed E-state index contributed by atoms with van der Waals surface area (Å²) in [5.74, 6) is -0.209. The molecule has 128 valence electrons. The number of carbonyl (C=O) groups excluding carboxylic acids is 1. The number of hydrogen-bond acceptors (Lipinski definition) is 4. The van der Waals surface area contributed by atoms with Crippen molar-refractivity contribution >= 4 is 5.91 Å². The van der Waals surface area contributed by atoms with Gasteiger partial charge < -0.3 is 9.88 Å². The highest BCUT2D eigenvalue weighted by atomic mass is 16.2. The number of piperazine rings is 1. The molecule has 1 fully saturated rings. The molecule has 1 saturated heterocycles. The summed E-state index contributed by atoms with van der Waals surface area (Å²) in [6.07, 6.45) is 0. The summed E-state index contributed by atoms with van der Waals surface area (Å²) < 4.78 is 0. The largest absolute Gasteiger partial charge is 0.336 e. The fourth-order valence-electron chi connectivity index (χ4n) is 2.96. The third-order valence-electron chi connectivity index (χ3n) is 4.43. The summed E-state index contributed by atoms with van der Waals surface area (Å²) in [4.78, 5) is 31.1. The zero-order valence-corrected chi connectivity index (χ0v) is 14.2. The Kier molecular flexibility index (Phi) is 4.96. The van der Waals surface area contributed by atoms with Gasteiger partial charge in [-0.2, -0.15) is 5.26 Å². The van der Waals surface area contributed by atoms with Crippen molar-refractivity contribution in [3.63, 3.8) is 0 Å². The average molecular weight is 336 g/mol. The molecule has 1 amide bonds. The van der Waals surface area contributed by atoms with E-state index < -0.39 is 0 Å². The Morgan fingerprint density at radius 1 is 1.12 bits per heavy atom. The van der Waals surface area contributed by atoms with E-state index in [2.05, 4.69) is 16.0 Å². The number of pyridine rings is 1. The van der Waals surface area contributed by atoms with E-state index >= 15 is 0 Å². The van der Waals surface area contributed by atoms with Gasteiger partial charge in [0.05, 0.1) is 11.6 Å². The summed E-state index contributed by atoms with van der Waals surface area (Å²) >= 11 is 0. The minimum atomic E-state index is -0.329. The van der Waals surface area contributed by atoms with E-state index in [9.17, 15) is 9.59 Å². The minimum absolute atomic E-state index is 0.200. The molecular weight excluding hydrogens is 316 g/mol. The van der Waals surface area contributed by atoms with Gasteiger partial charge in [-0.3, -0.25) is 14.5 Å². The number of nitriles is 1. The van der Waals surface area contributed by atoms with Crippen molar-refractivity contribution in [2.45, 2.75) is 13.5 Å². The predicted molar refractivity (Wildman–Crippen MR) is 94.1 cm³/mol. The van der Waals surface area contributed by atoms with Crippen molar-refractivity contribution < 1.29 is 4.79 Å². The Labute approximate surface area is 146 Å². The number of aromatic nitrogens is 1. The van der Waals surface area contributed by atoms with Crippen LogP contribution in [0.1, 0.15) is 27.2 Å². The Morgan fingerprint density at radius 3 is 2.40 bits per heavy atom. The molecule has 6 nitrogen and oxygen atoms in total. The SMILES string of the molecule is Cc1ccc(C(=O)N2CCN(Cc3ccc(C#N)cc3)CC2)c(=O)[nH]1. The maximum Gasteiger partial charge on any atom is 0.260 e. The van der Waals surface area contributed by atoms with Crippen molar-refractivity contribution in [3.8, 4) is 6.07 Å². The molecule has 1 N–H and O–H groups in total. The highest BCUT2D eigenvalue weighted by molar-refractivity contribution is 5.93. The first kappa shape index (κ1) is 16.9. The molecule has 0 radical (unpaired) electrons. The Bertz CT molecular complexity index is 856. The highest BCUT2D eigenvalue weighted by Crippen LogP contribution is 2.11. The first-order valence-electron chi connectivity index (χ1n) is 8.27. The molecule has 1 aliphatic heterocycles. The molecule has 0 atom stereocenters. The molecule has 0 unspecified atom stereocenters. The Hall–Kier alpha value is -2.91. The second kappa shape index (κ2) is 7.32. The van der Waals surface area contributed by atoms with E-state index in [1.807, 2.05) is 24.3 Å². The first-order chi connectivity index (χ1) is 12.1. The number of amides is 1. The maximum absolute atomic E-state index is 12.5. The molecule has 1 aromatic carbocycles. The fourth-order valence-corrected chi connectivity index (χ4v) is 2.96. The lowest BCUT2D eigenvalue weighted by atomic mass is 10.1. The molecule has 6 heteroatoms. The molecule has 0 bridgehead atoms. The monoisotopic (exact) mass is 336 g/mol. The quantitative estimate of drug-likeness (QED) is 0.921. The number of hydrogen-bond donors (Lipinski definition) is 1. The van der Waals surface area contributed by atoms with Crippen LogP contribution in [0.3, 0.4) is 0 Å². The van der Waals surface area contributed by atoms with E-state index in [0.29, 0.717) is 18.7 Å². The van der Waals surface area contributed by atoms with Gasteiger partial charge in [0.25, 0.3) is 11.5 Å². The van der Waals surface area contributed by atoms with Gasteiger partial charge >= 0.3 is 0 Å². The van der Waals surface area contributed by atoms with Crippen LogP contribution in [0.15, 0.2) is 41.2 Å². The topological polar surface area (TPSA) is 80.2 Å². The van der Waals surface area contributed by atoms with Crippen molar-refractivity contribution in [2.75, 3.05) is 26.2 Å². The van der Waals surface area contributed by atoms with Crippen LogP contribution in [0.2, 0.25) is 0 Å². The summed E-state index contributed by atoms with van der Waals surface area (Å²) in [5, 5.41) is 8.84. The number of benzene rings is 1. The van der Waals surface area contributed by atoms with E-state index in [1.165, 1.54) is 0 Å². The van der Waals surface area contributed by atoms with Gasteiger partial charge in [0.15, 0.2) is 0 Å². The van der Waals surface area contributed by atoms with Crippen molar-refractivity contribution in [1.29, 1.82) is 5.26 Å². The zero-order chi connectivity index (χ0) is 17.8. The van der Waals surface area contributed by atoms with Gasteiger partial charge in [-0.25, -0.2) is 0 Å².